The molecule has 0 fully saturated rings. The molecule has 0 unspecified atom stereocenters. The first-order valence-electron chi connectivity index (χ1n) is 7.52. The van der Waals surface area contributed by atoms with Gasteiger partial charge in [-0.05, 0) is 36.1 Å². The smallest absolute Gasteiger partial charge is 0.146 e. The zero-order valence-corrected chi connectivity index (χ0v) is 12.2. The summed E-state index contributed by atoms with van der Waals surface area (Å²) < 4.78 is 2.29. The second-order valence-electron chi connectivity index (χ2n) is 5.77. The van der Waals surface area contributed by atoms with Gasteiger partial charge in [-0.25, -0.2) is 4.98 Å². The Labute approximate surface area is 127 Å². The molecule has 2 aromatic heterocycles. The van der Waals surface area contributed by atoms with Crippen LogP contribution in [0.3, 0.4) is 0 Å². The molecule has 0 aliphatic rings. The zero-order chi connectivity index (χ0) is 14.7. The summed E-state index contributed by atoms with van der Waals surface area (Å²) in [5, 5.41) is 3.80. The fraction of sp³-hybridized carbons (Fsp3) is 0.0500. The van der Waals surface area contributed by atoms with Crippen LogP contribution < -0.4 is 0 Å². The molecule has 0 spiro atoms. The Hall–Kier alpha value is -2.87. The molecule has 2 nitrogen and oxygen atoms in total. The van der Waals surface area contributed by atoms with Crippen molar-refractivity contribution in [3.05, 3.63) is 72.3 Å². The highest BCUT2D eigenvalue weighted by Gasteiger charge is 2.13. The van der Waals surface area contributed by atoms with E-state index >= 15 is 0 Å². The number of fused-ring (bicyclic) bond motifs is 8. The van der Waals surface area contributed by atoms with E-state index in [1.54, 1.807) is 0 Å². The van der Waals surface area contributed by atoms with Crippen LogP contribution in [0.4, 0.5) is 0 Å². The SMILES string of the molecule is Cc1cccc2c1c1ccccc1c1nc3ccccc3n21. The lowest BCUT2D eigenvalue weighted by atomic mass is 10.0. The Bertz CT molecular complexity index is 1180. The Morgan fingerprint density at radius 3 is 2.36 bits per heavy atom. The number of pyridine rings is 1. The van der Waals surface area contributed by atoms with Crippen molar-refractivity contribution in [3.8, 4) is 0 Å². The van der Waals surface area contributed by atoms with Crippen LogP contribution in [0, 0.1) is 6.92 Å². The van der Waals surface area contributed by atoms with Gasteiger partial charge in [-0.2, -0.15) is 0 Å². The van der Waals surface area contributed by atoms with Crippen LogP contribution in [-0.2, 0) is 0 Å². The number of hydrogen-bond acceptors (Lipinski definition) is 1. The van der Waals surface area contributed by atoms with Crippen molar-refractivity contribution in [3.63, 3.8) is 0 Å². The molecule has 3 aromatic carbocycles. The third-order valence-electron chi connectivity index (χ3n) is 4.49. The van der Waals surface area contributed by atoms with E-state index in [-0.39, 0.29) is 0 Å². The largest absolute Gasteiger partial charge is 0.292 e. The number of para-hydroxylation sites is 2. The van der Waals surface area contributed by atoms with Gasteiger partial charge < -0.3 is 0 Å². The van der Waals surface area contributed by atoms with E-state index in [4.69, 9.17) is 4.98 Å². The average molecular weight is 282 g/mol. The summed E-state index contributed by atoms with van der Waals surface area (Å²) in [6.07, 6.45) is 0. The average Bonchev–Trinajstić information content (AvgIpc) is 2.95. The fourth-order valence-corrected chi connectivity index (χ4v) is 3.54. The second kappa shape index (κ2) is 4.08. The van der Waals surface area contributed by atoms with Crippen molar-refractivity contribution in [1.29, 1.82) is 0 Å². The van der Waals surface area contributed by atoms with Crippen LogP contribution in [0.25, 0.3) is 38.4 Å². The minimum atomic E-state index is 1.04. The van der Waals surface area contributed by atoms with Crippen LogP contribution in [0.1, 0.15) is 5.56 Å². The van der Waals surface area contributed by atoms with E-state index in [1.807, 2.05) is 6.07 Å². The van der Waals surface area contributed by atoms with Gasteiger partial charge in [0.1, 0.15) is 5.65 Å². The monoisotopic (exact) mass is 282 g/mol. The third-order valence-corrected chi connectivity index (χ3v) is 4.49. The Morgan fingerprint density at radius 1 is 0.727 bits per heavy atom. The maximum Gasteiger partial charge on any atom is 0.146 e. The van der Waals surface area contributed by atoms with Crippen molar-refractivity contribution >= 4 is 38.4 Å². The maximum absolute atomic E-state index is 4.89. The van der Waals surface area contributed by atoms with E-state index in [9.17, 15) is 0 Å². The molecule has 0 aliphatic heterocycles. The molecule has 0 atom stereocenters. The first-order chi connectivity index (χ1) is 10.8. The summed E-state index contributed by atoms with van der Waals surface area (Å²) >= 11 is 0. The Morgan fingerprint density at radius 2 is 1.45 bits per heavy atom. The molecule has 0 saturated carbocycles. The number of aryl methyl sites for hydroxylation is 1. The second-order valence-corrected chi connectivity index (χ2v) is 5.77. The van der Waals surface area contributed by atoms with E-state index in [2.05, 4.69) is 72.0 Å². The van der Waals surface area contributed by atoms with Gasteiger partial charge >= 0.3 is 0 Å². The maximum atomic E-state index is 4.89. The summed E-state index contributed by atoms with van der Waals surface area (Å²) in [7, 11) is 0. The molecule has 104 valence electrons. The van der Waals surface area contributed by atoms with Gasteiger partial charge in [0.15, 0.2) is 0 Å². The molecule has 5 rings (SSSR count). The zero-order valence-electron chi connectivity index (χ0n) is 12.2. The number of rotatable bonds is 0. The summed E-state index contributed by atoms with van der Waals surface area (Å²) in [6.45, 7) is 2.18. The summed E-state index contributed by atoms with van der Waals surface area (Å²) in [4.78, 5) is 4.89. The van der Waals surface area contributed by atoms with Gasteiger partial charge in [0.2, 0.25) is 0 Å². The van der Waals surface area contributed by atoms with Crippen LogP contribution in [-0.4, -0.2) is 9.38 Å². The van der Waals surface area contributed by atoms with Crippen molar-refractivity contribution in [2.75, 3.05) is 0 Å². The fourth-order valence-electron chi connectivity index (χ4n) is 3.54. The van der Waals surface area contributed by atoms with Crippen LogP contribution in [0.15, 0.2) is 66.7 Å². The van der Waals surface area contributed by atoms with Crippen molar-refractivity contribution < 1.29 is 0 Å². The van der Waals surface area contributed by atoms with Gasteiger partial charge in [-0.1, -0.05) is 48.5 Å². The number of hydrogen-bond donors (Lipinski definition) is 0. The molecular formula is C20H14N2. The molecule has 2 heterocycles. The molecule has 0 saturated heterocycles. The van der Waals surface area contributed by atoms with Gasteiger partial charge in [0.25, 0.3) is 0 Å². The molecular weight excluding hydrogens is 268 g/mol. The number of imidazole rings is 1. The predicted molar refractivity (Wildman–Crippen MR) is 92.4 cm³/mol. The molecule has 2 heteroatoms. The molecule has 0 bridgehead atoms. The van der Waals surface area contributed by atoms with Gasteiger partial charge in [-0.3, -0.25) is 4.40 Å². The highest BCUT2D eigenvalue weighted by Crippen LogP contribution is 2.33. The number of aromatic nitrogens is 2. The number of nitrogens with zero attached hydrogens (tertiary/aromatic N) is 2. The molecule has 0 amide bonds. The topological polar surface area (TPSA) is 17.3 Å². The number of benzene rings is 3. The lowest BCUT2D eigenvalue weighted by molar-refractivity contribution is 1.31. The van der Waals surface area contributed by atoms with Crippen LogP contribution in [0.5, 0.6) is 0 Å². The Kier molecular flexibility index (Phi) is 2.18. The van der Waals surface area contributed by atoms with E-state index < -0.39 is 0 Å². The Balaban J connectivity index is 2.26. The summed E-state index contributed by atoms with van der Waals surface area (Å²) in [5.74, 6) is 0. The summed E-state index contributed by atoms with van der Waals surface area (Å²) in [6, 6.07) is 23.4. The highest BCUT2D eigenvalue weighted by molar-refractivity contribution is 6.14. The van der Waals surface area contributed by atoms with Crippen LogP contribution >= 0.6 is 0 Å². The lowest BCUT2D eigenvalue weighted by Gasteiger charge is -2.10. The minimum Gasteiger partial charge on any atom is -0.292 e. The third kappa shape index (κ3) is 1.37. The molecule has 0 aliphatic carbocycles. The first kappa shape index (κ1) is 11.8. The van der Waals surface area contributed by atoms with E-state index in [0.717, 1.165) is 11.2 Å². The lowest BCUT2D eigenvalue weighted by Crippen LogP contribution is -1.92. The van der Waals surface area contributed by atoms with Crippen molar-refractivity contribution in [2.24, 2.45) is 0 Å². The molecule has 0 radical (unpaired) electrons. The molecule has 0 N–H and O–H groups in total. The van der Waals surface area contributed by atoms with Gasteiger partial charge in [0.05, 0.1) is 16.6 Å². The molecule has 22 heavy (non-hydrogen) atoms. The van der Waals surface area contributed by atoms with E-state index in [1.165, 1.54) is 32.8 Å². The van der Waals surface area contributed by atoms with Crippen molar-refractivity contribution in [1.82, 2.24) is 9.38 Å². The minimum absolute atomic E-state index is 1.04. The van der Waals surface area contributed by atoms with Crippen LogP contribution in [0.2, 0.25) is 0 Å². The highest BCUT2D eigenvalue weighted by atomic mass is 15.0. The normalized spacial score (nSPS) is 11.9. The van der Waals surface area contributed by atoms with E-state index in [0.29, 0.717) is 0 Å². The standard InChI is InChI=1S/C20H14N2/c1-13-7-6-12-18-19(13)14-8-2-3-9-15(14)20-21-16-10-4-5-11-17(16)22(18)20/h2-12H,1H3. The summed E-state index contributed by atoms with van der Waals surface area (Å²) in [5.41, 5.74) is 5.77. The van der Waals surface area contributed by atoms with Gasteiger partial charge in [0, 0.05) is 10.8 Å². The first-order valence-corrected chi connectivity index (χ1v) is 7.52. The van der Waals surface area contributed by atoms with Gasteiger partial charge in [-0.15, -0.1) is 0 Å². The predicted octanol–water partition coefficient (Wildman–Crippen LogP) is 5.10. The van der Waals surface area contributed by atoms with Crippen molar-refractivity contribution in [2.45, 2.75) is 6.92 Å². The molecule has 5 aromatic rings. The quantitative estimate of drug-likeness (QED) is 0.361.